The third kappa shape index (κ3) is 2.75. The highest BCUT2D eigenvalue weighted by atomic mass is 79.9. The Morgan fingerprint density at radius 1 is 1.12 bits per heavy atom. The van der Waals surface area contributed by atoms with Gasteiger partial charge < -0.3 is 15.2 Å². The fraction of sp³-hybridized carbons (Fsp3) is 0.538. The summed E-state index contributed by atoms with van der Waals surface area (Å²) in [5, 5.41) is 0. The number of benzene rings is 1. The van der Waals surface area contributed by atoms with Crippen LogP contribution in [0.2, 0.25) is 0 Å². The summed E-state index contributed by atoms with van der Waals surface area (Å²) >= 11 is 3.56. The van der Waals surface area contributed by atoms with Crippen molar-refractivity contribution in [1.29, 1.82) is 0 Å². The Bertz CT molecular complexity index is 403. The molecule has 1 aromatic carbocycles. The Hall–Kier alpha value is -0.740. The lowest BCUT2D eigenvalue weighted by Crippen LogP contribution is -2.12. The molecule has 0 bridgehead atoms. The molecule has 0 aliphatic rings. The van der Waals surface area contributed by atoms with E-state index in [1.807, 2.05) is 13.0 Å². The van der Waals surface area contributed by atoms with Crippen LogP contribution >= 0.6 is 15.9 Å². The molecule has 0 aliphatic heterocycles. The molecule has 1 unspecified atom stereocenters. The van der Waals surface area contributed by atoms with Gasteiger partial charge in [-0.25, -0.2) is 0 Å². The van der Waals surface area contributed by atoms with Crippen LogP contribution in [-0.2, 0) is 0 Å². The summed E-state index contributed by atoms with van der Waals surface area (Å²) in [4.78, 5) is 0. The maximum Gasteiger partial charge on any atom is 0.164 e. The summed E-state index contributed by atoms with van der Waals surface area (Å²) in [7, 11) is 3.29. The Balaban J connectivity index is 3.61. The Kier molecular flexibility index (Phi) is 4.83. The van der Waals surface area contributed by atoms with Crippen molar-refractivity contribution in [1.82, 2.24) is 0 Å². The highest BCUT2D eigenvalue weighted by Gasteiger charge is 2.22. The van der Waals surface area contributed by atoms with Gasteiger partial charge in [-0.15, -0.1) is 0 Å². The molecule has 0 aliphatic carbocycles. The summed E-state index contributed by atoms with van der Waals surface area (Å²) in [5.41, 5.74) is 8.23. The minimum atomic E-state index is -0.0541. The van der Waals surface area contributed by atoms with Crippen molar-refractivity contribution in [3.05, 3.63) is 21.7 Å². The van der Waals surface area contributed by atoms with Crippen molar-refractivity contribution in [3.8, 4) is 11.5 Å². The van der Waals surface area contributed by atoms with Gasteiger partial charge in [-0.3, -0.25) is 0 Å². The van der Waals surface area contributed by atoms with Gasteiger partial charge in [0.25, 0.3) is 0 Å². The molecule has 3 nitrogen and oxygen atoms in total. The zero-order chi connectivity index (χ0) is 13.2. The average Bonchev–Trinajstić information content (AvgIpc) is 2.26. The molecule has 96 valence electrons. The standard InChI is InChI=1S/C13H20BrNO2/c1-7(2)11-12(8(3)15)9(14)6-10(16-4)13(11)17-5/h6-8H,15H2,1-5H3. The molecule has 0 amide bonds. The molecule has 0 heterocycles. The summed E-state index contributed by atoms with van der Waals surface area (Å²) in [6.07, 6.45) is 0. The minimum absolute atomic E-state index is 0.0541. The molecule has 0 radical (unpaired) electrons. The van der Waals surface area contributed by atoms with Crippen LogP contribution in [0, 0.1) is 0 Å². The Labute approximate surface area is 111 Å². The lowest BCUT2D eigenvalue weighted by Gasteiger charge is -2.22. The van der Waals surface area contributed by atoms with Crippen molar-refractivity contribution < 1.29 is 9.47 Å². The first-order chi connectivity index (χ1) is 7.93. The molecule has 0 aromatic heterocycles. The third-order valence-electron chi connectivity index (χ3n) is 2.73. The van der Waals surface area contributed by atoms with Crippen molar-refractivity contribution in [3.63, 3.8) is 0 Å². The molecule has 4 heteroatoms. The number of nitrogens with two attached hydrogens (primary N) is 1. The number of ether oxygens (including phenoxy) is 2. The van der Waals surface area contributed by atoms with Crippen LogP contribution in [0.1, 0.15) is 43.9 Å². The lowest BCUT2D eigenvalue weighted by atomic mass is 9.92. The molecule has 1 aromatic rings. The number of hydrogen-bond donors (Lipinski definition) is 1. The SMILES string of the molecule is COc1cc(Br)c(C(C)N)c(C(C)C)c1OC. The normalized spacial score (nSPS) is 12.7. The van der Waals surface area contributed by atoms with Crippen LogP contribution in [-0.4, -0.2) is 14.2 Å². The maximum absolute atomic E-state index is 6.04. The van der Waals surface area contributed by atoms with E-state index in [1.165, 1.54) is 0 Å². The molecule has 1 atom stereocenters. The van der Waals surface area contributed by atoms with Crippen molar-refractivity contribution in [2.75, 3.05) is 14.2 Å². The van der Waals surface area contributed by atoms with E-state index in [4.69, 9.17) is 15.2 Å². The van der Waals surface area contributed by atoms with E-state index in [9.17, 15) is 0 Å². The van der Waals surface area contributed by atoms with E-state index in [0.717, 1.165) is 27.1 Å². The number of hydrogen-bond acceptors (Lipinski definition) is 3. The van der Waals surface area contributed by atoms with Crippen LogP contribution in [0.25, 0.3) is 0 Å². The maximum atomic E-state index is 6.04. The molecular formula is C13H20BrNO2. The lowest BCUT2D eigenvalue weighted by molar-refractivity contribution is 0.349. The van der Waals surface area contributed by atoms with Gasteiger partial charge in [0.05, 0.1) is 14.2 Å². The quantitative estimate of drug-likeness (QED) is 0.924. The number of halogens is 1. The van der Waals surface area contributed by atoms with Gasteiger partial charge in [0.1, 0.15) is 0 Å². The van der Waals surface area contributed by atoms with E-state index in [2.05, 4.69) is 29.8 Å². The Morgan fingerprint density at radius 3 is 2.06 bits per heavy atom. The van der Waals surface area contributed by atoms with Gasteiger partial charge in [0.15, 0.2) is 11.5 Å². The van der Waals surface area contributed by atoms with Gasteiger partial charge >= 0.3 is 0 Å². The van der Waals surface area contributed by atoms with E-state index in [0.29, 0.717) is 5.92 Å². The van der Waals surface area contributed by atoms with Gasteiger partial charge in [-0.05, 0) is 24.5 Å². The molecule has 17 heavy (non-hydrogen) atoms. The third-order valence-corrected chi connectivity index (χ3v) is 3.39. The second-order valence-electron chi connectivity index (χ2n) is 4.36. The van der Waals surface area contributed by atoms with Crippen molar-refractivity contribution >= 4 is 15.9 Å². The van der Waals surface area contributed by atoms with Crippen molar-refractivity contribution in [2.24, 2.45) is 5.73 Å². The van der Waals surface area contributed by atoms with E-state index in [-0.39, 0.29) is 6.04 Å². The highest BCUT2D eigenvalue weighted by molar-refractivity contribution is 9.10. The van der Waals surface area contributed by atoms with E-state index in [1.54, 1.807) is 14.2 Å². The second-order valence-corrected chi connectivity index (χ2v) is 5.22. The summed E-state index contributed by atoms with van der Waals surface area (Å²) < 4.78 is 11.8. The number of rotatable bonds is 4. The largest absolute Gasteiger partial charge is 0.493 e. The first-order valence-corrected chi connectivity index (χ1v) is 6.43. The van der Waals surface area contributed by atoms with Gasteiger partial charge in [-0.2, -0.15) is 0 Å². The molecule has 0 fully saturated rings. The fourth-order valence-electron chi connectivity index (χ4n) is 2.04. The van der Waals surface area contributed by atoms with E-state index >= 15 is 0 Å². The number of methoxy groups -OCH3 is 2. The highest BCUT2D eigenvalue weighted by Crippen LogP contribution is 2.43. The predicted octanol–water partition coefficient (Wildman–Crippen LogP) is 3.61. The zero-order valence-electron chi connectivity index (χ0n) is 11.0. The van der Waals surface area contributed by atoms with Crippen molar-refractivity contribution in [2.45, 2.75) is 32.7 Å². The summed E-state index contributed by atoms with van der Waals surface area (Å²) in [6, 6.07) is 1.85. The first kappa shape index (κ1) is 14.3. The van der Waals surface area contributed by atoms with Gasteiger partial charge in [0.2, 0.25) is 0 Å². The summed E-state index contributed by atoms with van der Waals surface area (Å²) in [5.74, 6) is 1.82. The van der Waals surface area contributed by atoms with Crippen LogP contribution in [0.4, 0.5) is 0 Å². The Morgan fingerprint density at radius 2 is 1.71 bits per heavy atom. The van der Waals surface area contributed by atoms with Gasteiger partial charge in [-0.1, -0.05) is 29.8 Å². The van der Waals surface area contributed by atoms with E-state index < -0.39 is 0 Å². The van der Waals surface area contributed by atoms with Crippen LogP contribution in [0.5, 0.6) is 11.5 Å². The van der Waals surface area contributed by atoms with Crippen LogP contribution in [0.3, 0.4) is 0 Å². The first-order valence-electron chi connectivity index (χ1n) is 5.63. The monoisotopic (exact) mass is 301 g/mol. The molecule has 0 saturated carbocycles. The second kappa shape index (κ2) is 5.74. The molecule has 2 N–H and O–H groups in total. The zero-order valence-corrected chi connectivity index (χ0v) is 12.6. The molecule has 0 saturated heterocycles. The van der Waals surface area contributed by atoms with Crippen LogP contribution < -0.4 is 15.2 Å². The molecular weight excluding hydrogens is 282 g/mol. The molecule has 0 spiro atoms. The fourth-order valence-corrected chi connectivity index (χ4v) is 2.82. The van der Waals surface area contributed by atoms with Crippen LogP contribution in [0.15, 0.2) is 10.5 Å². The molecule has 1 rings (SSSR count). The minimum Gasteiger partial charge on any atom is -0.493 e. The average molecular weight is 302 g/mol. The summed E-state index contributed by atoms with van der Waals surface area (Å²) in [6.45, 7) is 6.21. The topological polar surface area (TPSA) is 44.5 Å². The smallest absolute Gasteiger partial charge is 0.164 e. The van der Waals surface area contributed by atoms with Gasteiger partial charge in [0, 0.05) is 16.1 Å². The predicted molar refractivity (Wildman–Crippen MR) is 73.9 cm³/mol.